The molecule has 2 N–H and O–H groups in total. The van der Waals surface area contributed by atoms with Gasteiger partial charge in [0.1, 0.15) is 10.1 Å². The molecule has 0 fully saturated rings. The minimum Gasteiger partial charge on any atom is -0.744 e. The van der Waals surface area contributed by atoms with Crippen LogP contribution in [0, 0.1) is 6.92 Å². The first-order valence-corrected chi connectivity index (χ1v) is 24.9. The maximum Gasteiger partial charge on any atom is 0.217 e. The van der Waals surface area contributed by atoms with Gasteiger partial charge in [-0.1, -0.05) is 212 Å². The molecule has 7 heteroatoms. The van der Waals surface area contributed by atoms with Crippen molar-refractivity contribution in [2.45, 2.75) is 251 Å². The molecule has 0 saturated carbocycles. The van der Waals surface area contributed by atoms with Crippen LogP contribution in [0.3, 0.4) is 0 Å². The zero-order valence-electron chi connectivity index (χ0n) is 37.8. The summed E-state index contributed by atoms with van der Waals surface area (Å²) in [5, 5.41) is 0. The lowest BCUT2D eigenvalue weighted by Crippen LogP contribution is -2.48. The number of benzene rings is 1. The van der Waals surface area contributed by atoms with E-state index in [1.54, 1.807) is 12.1 Å². The Kier molecular flexibility index (Phi) is 39.9. The molecule has 0 aliphatic carbocycles. The number of amides is 1. The number of nitrogens with two attached hydrogens (primary N) is 1. The van der Waals surface area contributed by atoms with Crippen molar-refractivity contribution < 1.29 is 22.2 Å². The van der Waals surface area contributed by atoms with Crippen molar-refractivity contribution in [3.63, 3.8) is 0 Å². The molecule has 1 aromatic rings. The molecular weight excluding hydrogens is 701 g/mol. The van der Waals surface area contributed by atoms with Crippen molar-refractivity contribution in [3.8, 4) is 0 Å². The first kappa shape index (κ1) is 55.7. The van der Waals surface area contributed by atoms with Crippen LogP contribution in [0.25, 0.3) is 0 Å². The van der Waals surface area contributed by atoms with E-state index in [0.717, 1.165) is 18.0 Å². The van der Waals surface area contributed by atoms with Gasteiger partial charge in [-0.3, -0.25) is 4.79 Å². The molecule has 1 unspecified atom stereocenters. The first-order chi connectivity index (χ1) is 26.3. The summed E-state index contributed by atoms with van der Waals surface area (Å²) in [6.07, 6.45) is 43.9. The predicted molar refractivity (Wildman–Crippen MR) is 240 cm³/mol. The van der Waals surface area contributed by atoms with Gasteiger partial charge >= 0.3 is 0 Å². The summed E-state index contributed by atoms with van der Waals surface area (Å²) >= 11 is 0. The van der Waals surface area contributed by atoms with Crippen LogP contribution >= 0.6 is 0 Å². The van der Waals surface area contributed by atoms with E-state index in [0.29, 0.717) is 6.42 Å². The molecule has 1 amide bonds. The highest BCUT2D eigenvalue weighted by atomic mass is 32.2. The van der Waals surface area contributed by atoms with Crippen LogP contribution in [0.5, 0.6) is 0 Å². The molecule has 0 aliphatic rings. The molecule has 0 aromatic heterocycles. The average Bonchev–Trinajstić information content (AvgIpc) is 3.13. The second-order valence-electron chi connectivity index (χ2n) is 17.0. The zero-order chi connectivity index (χ0) is 41.5. The van der Waals surface area contributed by atoms with Crippen molar-refractivity contribution in [2.24, 2.45) is 5.73 Å². The molecular formula is C48H94N2O4S. The number of aryl methyl sites for hydroxylation is 1. The number of quaternary nitrogens is 1. The monoisotopic (exact) mass is 795 g/mol. The third-order valence-electron chi connectivity index (χ3n) is 11.2. The highest BCUT2D eigenvalue weighted by Gasteiger charge is 2.24. The topological polar surface area (TPSA) is 100 Å². The van der Waals surface area contributed by atoms with Gasteiger partial charge in [0, 0.05) is 6.42 Å². The van der Waals surface area contributed by atoms with Crippen LogP contribution in [0.15, 0.2) is 29.2 Å². The van der Waals surface area contributed by atoms with Gasteiger partial charge in [0.25, 0.3) is 0 Å². The molecule has 0 saturated heterocycles. The van der Waals surface area contributed by atoms with Gasteiger partial charge in [-0.25, -0.2) is 8.42 Å². The Hall–Kier alpha value is -1.44. The van der Waals surface area contributed by atoms with Crippen molar-refractivity contribution in [1.29, 1.82) is 0 Å². The number of nitrogens with zero attached hydrogens (tertiary/aromatic N) is 1. The Morgan fingerprint density at radius 1 is 0.564 bits per heavy atom. The number of carbonyl (C=O) groups excluding carboxylic acids is 1. The minimum atomic E-state index is -4.27. The summed E-state index contributed by atoms with van der Waals surface area (Å²) in [4.78, 5) is 10.4. The summed E-state index contributed by atoms with van der Waals surface area (Å²) in [6, 6.07) is 6.66. The molecule has 1 atom stereocenters. The molecule has 0 spiro atoms. The van der Waals surface area contributed by atoms with E-state index in [4.69, 9.17) is 5.73 Å². The van der Waals surface area contributed by atoms with E-state index in [2.05, 4.69) is 41.8 Å². The third-order valence-corrected chi connectivity index (χ3v) is 12.1. The Morgan fingerprint density at radius 2 is 0.891 bits per heavy atom. The van der Waals surface area contributed by atoms with Crippen molar-refractivity contribution in [3.05, 3.63) is 29.8 Å². The van der Waals surface area contributed by atoms with Gasteiger partial charge in [-0.05, 0) is 51.2 Å². The van der Waals surface area contributed by atoms with Crippen LogP contribution in [0.1, 0.15) is 239 Å². The van der Waals surface area contributed by atoms with Gasteiger partial charge < -0.3 is 14.8 Å². The van der Waals surface area contributed by atoms with Crippen LogP contribution in [0.4, 0.5) is 0 Å². The summed E-state index contributed by atoms with van der Waals surface area (Å²) in [7, 11) is 0.591. The van der Waals surface area contributed by atoms with E-state index in [1.165, 1.54) is 216 Å². The maximum absolute atomic E-state index is 10.6. The highest BCUT2D eigenvalue weighted by Crippen LogP contribution is 2.20. The fraction of sp³-hybridized carbons (Fsp3) is 0.854. The third kappa shape index (κ3) is 39.2. The minimum absolute atomic E-state index is 0.153. The second kappa shape index (κ2) is 39.4. The summed E-state index contributed by atoms with van der Waals surface area (Å²) in [5.41, 5.74) is 6.04. The standard InChI is InChI=1S/C23H50N.C18H37NO.C7H8O3S/c1-6-9-10-11-12-13-14-15-16-17-18-19-20-21-23(8-3)24(4,5)22-7-2;1-2-3-4-5-6-7-8-9-10-11-12-13-14-15-16-17-18(19)20;1-6-2-4-7(5-3-6)11(8,9)10/h23H,6-22H2,1-5H3;2-17H2,1H3,(H2,19,20);2-5H,1H3,(H,8,9,10)/q+1;;/p-1. The Morgan fingerprint density at radius 3 is 1.18 bits per heavy atom. The van der Waals surface area contributed by atoms with E-state index in [-0.39, 0.29) is 10.8 Å². The molecule has 0 heterocycles. The average molecular weight is 795 g/mol. The van der Waals surface area contributed by atoms with E-state index in [1.807, 2.05) is 6.92 Å². The first-order valence-electron chi connectivity index (χ1n) is 23.5. The van der Waals surface area contributed by atoms with Crippen LogP contribution in [-0.2, 0) is 14.9 Å². The van der Waals surface area contributed by atoms with E-state index < -0.39 is 10.1 Å². The largest absolute Gasteiger partial charge is 0.744 e. The lowest BCUT2D eigenvalue weighted by Gasteiger charge is -2.38. The molecule has 0 bridgehead atoms. The second-order valence-corrected chi connectivity index (χ2v) is 18.4. The molecule has 55 heavy (non-hydrogen) atoms. The Labute approximate surface area is 344 Å². The molecule has 0 aliphatic heterocycles. The lowest BCUT2D eigenvalue weighted by molar-refractivity contribution is -0.915. The fourth-order valence-electron chi connectivity index (χ4n) is 7.58. The summed E-state index contributed by atoms with van der Waals surface area (Å²) in [5.74, 6) is -0.153. The molecule has 6 nitrogen and oxygen atoms in total. The molecule has 0 radical (unpaired) electrons. The number of unbranched alkanes of at least 4 members (excludes halogenated alkanes) is 26. The Balaban J connectivity index is 0. The van der Waals surface area contributed by atoms with Gasteiger partial charge in [-0.15, -0.1) is 0 Å². The SMILES string of the molecule is CCCCCCCCCCCCCCCC(CC)[N+](C)(C)CCC.CCCCCCCCCCCCCCCCCC(N)=O.Cc1ccc(S(=O)(=O)[O-])cc1. The lowest BCUT2D eigenvalue weighted by atomic mass is 10.0. The quantitative estimate of drug-likeness (QED) is 0.0420. The summed E-state index contributed by atoms with van der Waals surface area (Å²) in [6.45, 7) is 12.4. The molecule has 1 rings (SSSR count). The number of rotatable bonds is 35. The number of hydrogen-bond donors (Lipinski definition) is 1. The van der Waals surface area contributed by atoms with Crippen molar-refractivity contribution in [1.82, 2.24) is 0 Å². The van der Waals surface area contributed by atoms with Gasteiger partial charge in [0.2, 0.25) is 5.91 Å². The van der Waals surface area contributed by atoms with Gasteiger partial charge in [-0.2, -0.15) is 0 Å². The maximum atomic E-state index is 10.6. The predicted octanol–water partition coefficient (Wildman–Crippen LogP) is 14.4. The molecule has 326 valence electrons. The van der Waals surface area contributed by atoms with Crippen molar-refractivity contribution in [2.75, 3.05) is 20.6 Å². The van der Waals surface area contributed by atoms with Gasteiger partial charge in [0.05, 0.1) is 31.6 Å². The fourth-order valence-corrected chi connectivity index (χ4v) is 8.05. The summed E-state index contributed by atoms with van der Waals surface area (Å²) < 4.78 is 32.4. The Bertz CT molecular complexity index is 1060. The normalized spacial score (nSPS) is 12.1. The number of hydrogen-bond acceptors (Lipinski definition) is 4. The van der Waals surface area contributed by atoms with E-state index in [9.17, 15) is 17.8 Å². The van der Waals surface area contributed by atoms with Crippen LogP contribution < -0.4 is 5.73 Å². The van der Waals surface area contributed by atoms with Crippen LogP contribution in [-0.4, -0.2) is 50.0 Å². The van der Waals surface area contributed by atoms with Crippen molar-refractivity contribution >= 4 is 16.0 Å². The molecule has 1 aromatic carbocycles. The van der Waals surface area contributed by atoms with Gasteiger partial charge in [0.15, 0.2) is 0 Å². The van der Waals surface area contributed by atoms with Crippen LogP contribution in [0.2, 0.25) is 0 Å². The highest BCUT2D eigenvalue weighted by molar-refractivity contribution is 7.85. The van der Waals surface area contributed by atoms with E-state index >= 15 is 0 Å². The zero-order valence-corrected chi connectivity index (χ0v) is 38.6. The number of primary amides is 1. The smallest absolute Gasteiger partial charge is 0.217 e. The number of carbonyl (C=O) groups is 1.